The Labute approximate surface area is 86.6 Å². The zero-order chi connectivity index (χ0) is 3.70. The van der Waals surface area contributed by atoms with Gasteiger partial charge in [-0.05, 0) is 13.1 Å². The van der Waals surface area contributed by atoms with E-state index in [2.05, 4.69) is 5.32 Å². The first-order valence-corrected chi connectivity index (χ1v) is 1.81. The van der Waals surface area contributed by atoms with Crippen molar-refractivity contribution in [3.05, 3.63) is 5.73 Å². The van der Waals surface area contributed by atoms with Gasteiger partial charge in [-0.1, -0.05) is 0 Å². The van der Waals surface area contributed by atoms with E-state index >= 15 is 0 Å². The van der Waals surface area contributed by atoms with Crippen molar-refractivity contribution in [3.63, 3.8) is 0 Å². The monoisotopic (exact) mass is 156 g/mol. The second-order valence-electron chi connectivity index (χ2n) is 1.36. The minimum absolute atomic E-state index is 0. The van der Waals surface area contributed by atoms with Crippen molar-refractivity contribution in [1.29, 1.82) is 0 Å². The van der Waals surface area contributed by atoms with Crippen LogP contribution in [0.25, 0.3) is 5.73 Å². The second-order valence-corrected chi connectivity index (χ2v) is 1.36. The summed E-state index contributed by atoms with van der Waals surface area (Å²) in [7, 11) is 0. The fourth-order valence-electron chi connectivity index (χ4n) is 0.289. The average Bonchev–Trinajstić information content (AvgIpc) is 1.30. The van der Waals surface area contributed by atoms with Gasteiger partial charge < -0.3 is 11.1 Å². The van der Waals surface area contributed by atoms with Crippen molar-refractivity contribution in [2.75, 3.05) is 13.1 Å². The first-order chi connectivity index (χ1) is 2.39. The molecule has 3 heteroatoms. The summed E-state index contributed by atoms with van der Waals surface area (Å²) in [5.74, 6) is 0. The molecule has 1 saturated heterocycles. The number of hydrogen-bond acceptors (Lipinski definition) is 1. The molecule has 0 atom stereocenters. The van der Waals surface area contributed by atoms with Crippen molar-refractivity contribution in [1.82, 2.24) is 5.32 Å². The molecule has 0 aromatic carbocycles. The van der Waals surface area contributed by atoms with E-state index in [1.54, 1.807) is 0 Å². The zero-order valence-electron chi connectivity index (χ0n) is 3.99. The maximum atomic E-state index is 6.85. The number of nitrogens with one attached hydrogen (secondary N) is 2. The largest absolute Gasteiger partial charge is 1.00 e. The van der Waals surface area contributed by atoms with Crippen LogP contribution in [0.5, 0.6) is 0 Å². The fraction of sp³-hybridized carbons (Fsp3) is 1.00. The molecule has 30 valence electrons. The Morgan fingerprint density at radius 2 is 1.83 bits per heavy atom. The minimum Gasteiger partial charge on any atom is -0.673 e. The van der Waals surface area contributed by atoms with Crippen LogP contribution < -0.4 is 63.5 Å². The predicted octanol–water partition coefficient (Wildman–Crippen LogP) is -2.99. The Bertz CT molecular complexity index is 35.8. The van der Waals surface area contributed by atoms with E-state index in [0.717, 1.165) is 13.1 Å². The normalized spacial score (nSPS) is 21.5. The quantitative estimate of drug-likeness (QED) is 0.399. The van der Waals surface area contributed by atoms with Gasteiger partial charge >= 0.3 is 58.2 Å². The molecule has 6 heavy (non-hydrogen) atoms. The molecule has 0 unspecified atom stereocenters. The van der Waals surface area contributed by atoms with E-state index in [4.69, 9.17) is 5.73 Å². The molecule has 0 aromatic heterocycles. The second kappa shape index (κ2) is 3.69. The molecule has 1 fully saturated rings. The molecule has 0 amide bonds. The van der Waals surface area contributed by atoms with E-state index in [0.29, 0.717) is 0 Å². The van der Waals surface area contributed by atoms with Crippen molar-refractivity contribution >= 4 is 0 Å². The summed E-state index contributed by atoms with van der Waals surface area (Å²) in [5, 5.41) is 2.97. The van der Waals surface area contributed by atoms with Gasteiger partial charge in [-0.3, -0.25) is 0 Å². The SMILES string of the molecule is [NH-]C1CNC1.[Rb+]. The average molecular weight is 157 g/mol. The van der Waals surface area contributed by atoms with Crippen LogP contribution in [0, 0.1) is 0 Å². The molecule has 0 aliphatic carbocycles. The molecule has 0 bridgehead atoms. The van der Waals surface area contributed by atoms with E-state index in [1.807, 2.05) is 0 Å². The van der Waals surface area contributed by atoms with E-state index < -0.39 is 0 Å². The third kappa shape index (κ3) is 2.14. The Balaban J connectivity index is 0.000000250. The summed E-state index contributed by atoms with van der Waals surface area (Å²) in [4.78, 5) is 0. The minimum atomic E-state index is 0. The Hall–Kier alpha value is 1.73. The molecule has 1 heterocycles. The van der Waals surface area contributed by atoms with E-state index in [-0.39, 0.29) is 64.2 Å². The standard InChI is InChI=1S/C3H7N2.Rb/c4-3-1-5-2-3;/h3-5H,1-2H2;/q-1;+1. The van der Waals surface area contributed by atoms with Crippen molar-refractivity contribution in [2.24, 2.45) is 0 Å². The Morgan fingerprint density at radius 3 is 1.83 bits per heavy atom. The predicted molar refractivity (Wildman–Crippen MR) is 21.0 cm³/mol. The topological polar surface area (TPSA) is 35.8 Å². The van der Waals surface area contributed by atoms with E-state index in [1.165, 1.54) is 0 Å². The maximum Gasteiger partial charge on any atom is 1.00 e. The molecule has 0 radical (unpaired) electrons. The zero-order valence-corrected chi connectivity index (χ0v) is 8.91. The first kappa shape index (κ1) is 7.73. The molecule has 0 saturated carbocycles. The summed E-state index contributed by atoms with van der Waals surface area (Å²) >= 11 is 0. The molecular weight excluding hydrogens is 150 g/mol. The smallest absolute Gasteiger partial charge is 0.673 e. The molecule has 2 nitrogen and oxygen atoms in total. The van der Waals surface area contributed by atoms with Gasteiger partial charge in [-0.15, -0.1) is 6.04 Å². The summed E-state index contributed by atoms with van der Waals surface area (Å²) in [5.41, 5.74) is 6.85. The van der Waals surface area contributed by atoms with Crippen LogP contribution in [0.2, 0.25) is 0 Å². The van der Waals surface area contributed by atoms with Crippen LogP contribution in [-0.4, -0.2) is 19.1 Å². The van der Waals surface area contributed by atoms with Gasteiger partial charge in [0.05, 0.1) is 0 Å². The van der Waals surface area contributed by atoms with Crippen molar-refractivity contribution in [2.45, 2.75) is 6.04 Å². The Morgan fingerprint density at radius 1 is 1.50 bits per heavy atom. The first-order valence-electron chi connectivity index (χ1n) is 1.81. The molecular formula is C3H7N2Rb. The van der Waals surface area contributed by atoms with Crippen LogP contribution in [0.4, 0.5) is 0 Å². The van der Waals surface area contributed by atoms with Crippen LogP contribution >= 0.6 is 0 Å². The van der Waals surface area contributed by atoms with Gasteiger partial charge in [-0.25, -0.2) is 0 Å². The van der Waals surface area contributed by atoms with Crippen molar-refractivity contribution in [3.8, 4) is 0 Å². The van der Waals surface area contributed by atoms with E-state index in [9.17, 15) is 0 Å². The third-order valence-electron chi connectivity index (χ3n) is 0.781. The van der Waals surface area contributed by atoms with Crippen LogP contribution in [0.3, 0.4) is 0 Å². The molecule has 0 spiro atoms. The summed E-state index contributed by atoms with van der Waals surface area (Å²) in [6.45, 7) is 1.81. The van der Waals surface area contributed by atoms with Crippen molar-refractivity contribution < 1.29 is 58.2 Å². The summed E-state index contributed by atoms with van der Waals surface area (Å²) in [6.07, 6.45) is 0. The molecule has 2 N–H and O–H groups in total. The summed E-state index contributed by atoms with van der Waals surface area (Å²) < 4.78 is 0. The van der Waals surface area contributed by atoms with Crippen LogP contribution in [-0.2, 0) is 0 Å². The summed E-state index contributed by atoms with van der Waals surface area (Å²) in [6, 6.07) is 0.204. The van der Waals surface area contributed by atoms with Gasteiger partial charge in [0.25, 0.3) is 0 Å². The maximum absolute atomic E-state index is 6.85. The number of rotatable bonds is 0. The molecule has 1 aliphatic heterocycles. The molecule has 0 aromatic rings. The van der Waals surface area contributed by atoms with Gasteiger partial charge in [0.15, 0.2) is 0 Å². The number of hydrogen-bond donors (Lipinski definition) is 1. The molecule has 1 rings (SSSR count). The fourth-order valence-corrected chi connectivity index (χ4v) is 0.289. The molecule has 1 aliphatic rings. The van der Waals surface area contributed by atoms with Gasteiger partial charge in [-0.2, -0.15) is 0 Å². The van der Waals surface area contributed by atoms with Gasteiger partial charge in [0, 0.05) is 0 Å². The third-order valence-corrected chi connectivity index (χ3v) is 0.781. The van der Waals surface area contributed by atoms with Crippen LogP contribution in [0.15, 0.2) is 0 Å². The van der Waals surface area contributed by atoms with Gasteiger partial charge in [0.1, 0.15) is 0 Å². The van der Waals surface area contributed by atoms with Gasteiger partial charge in [0.2, 0.25) is 0 Å². The Kier molecular flexibility index (Phi) is 4.76. The van der Waals surface area contributed by atoms with Crippen LogP contribution in [0.1, 0.15) is 0 Å².